The zero-order valence-corrected chi connectivity index (χ0v) is 30.8. The summed E-state index contributed by atoms with van der Waals surface area (Å²) in [7, 11) is 2.91. The van der Waals surface area contributed by atoms with Crippen molar-refractivity contribution in [3.05, 3.63) is 149 Å². The number of nitrogens with zero attached hydrogens (tertiary/aromatic N) is 4. The maximum Gasteiger partial charge on any atom is 0.356 e. The molecule has 5 aromatic rings. The van der Waals surface area contributed by atoms with Gasteiger partial charge >= 0.3 is 5.97 Å². The topological polar surface area (TPSA) is 167 Å². The molecule has 3 atom stereocenters. The number of amides is 2. The first-order valence-electron chi connectivity index (χ1n) is 17.4. The van der Waals surface area contributed by atoms with E-state index in [1.807, 2.05) is 84.9 Å². The van der Waals surface area contributed by atoms with Crippen molar-refractivity contribution in [1.29, 1.82) is 0 Å². The average Bonchev–Trinajstić information content (AvgIpc) is 3.76. The van der Waals surface area contributed by atoms with Gasteiger partial charge in [-0.25, -0.2) is 4.79 Å². The zero-order valence-electron chi connectivity index (χ0n) is 30.0. The van der Waals surface area contributed by atoms with E-state index in [9.17, 15) is 14.4 Å². The van der Waals surface area contributed by atoms with Gasteiger partial charge in [0.05, 0.1) is 20.3 Å². The van der Waals surface area contributed by atoms with E-state index >= 15 is 0 Å². The van der Waals surface area contributed by atoms with Crippen molar-refractivity contribution in [2.75, 3.05) is 27.4 Å². The fourth-order valence-corrected chi connectivity index (χ4v) is 7.42. The predicted octanol–water partition coefficient (Wildman–Crippen LogP) is 4.83. The highest BCUT2D eigenvalue weighted by molar-refractivity contribution is 8.00. The first kappa shape index (κ1) is 37.4. The number of tetrazole rings is 1. The smallest absolute Gasteiger partial charge is 0.356 e. The summed E-state index contributed by atoms with van der Waals surface area (Å²) in [6.07, 6.45) is -1.65. The number of nitrogens with one attached hydrogen (secondary N) is 2. The fraction of sp³-hybridized carbons (Fsp3) is 0.250. The number of hydrogen-bond donors (Lipinski definition) is 2. The van der Waals surface area contributed by atoms with Gasteiger partial charge in [0.1, 0.15) is 11.4 Å². The number of thioether (sulfide) groups is 1. The van der Waals surface area contributed by atoms with E-state index in [0.717, 1.165) is 22.4 Å². The molecule has 2 aliphatic heterocycles. The largest absolute Gasteiger partial charge is 0.497 e. The Bertz CT molecular complexity index is 2070. The molecule has 1 aromatic heterocycles. The van der Waals surface area contributed by atoms with Crippen LogP contribution < -0.4 is 10.1 Å². The summed E-state index contributed by atoms with van der Waals surface area (Å²) in [5.74, 6) is -1.29. The second kappa shape index (κ2) is 17.1. The molecule has 3 heterocycles. The Morgan fingerprint density at radius 3 is 2.20 bits per heavy atom. The Hall–Kier alpha value is -5.87. The van der Waals surface area contributed by atoms with E-state index in [1.165, 1.54) is 23.8 Å². The molecule has 2 aliphatic rings. The minimum absolute atomic E-state index is 0.0316. The van der Waals surface area contributed by atoms with Crippen LogP contribution in [-0.2, 0) is 35.1 Å². The van der Waals surface area contributed by atoms with Crippen molar-refractivity contribution in [2.24, 2.45) is 0 Å². The predicted molar refractivity (Wildman–Crippen MR) is 199 cm³/mol. The molecule has 14 nitrogen and oxygen atoms in total. The lowest BCUT2D eigenvalue weighted by atomic mass is 9.92. The third-order valence-corrected chi connectivity index (χ3v) is 10.4. The van der Waals surface area contributed by atoms with Crippen LogP contribution in [0, 0.1) is 0 Å². The standard InChI is InChI=1S/C40H38N6O8S/c1-50-30-20-18-26(19-21-30)24-52-23-22-32(55-39-42-44-45-43-39)31-25-53-38-40(51-2,41-35(47)29-16-10-5-11-17-29)37(49)46(38)33(31)36(48)54-34(27-12-6-3-7-13-27)28-14-8-4-9-15-28/h3-21,32,34,38H,22-25H2,1-2H3,(H,41,47)(H,42,43,44,45)/t32?,38-,40+/m1/s1. The normalized spacial score (nSPS) is 18.3. The number of carbonyl (C=O) groups excluding carboxylic acids is 3. The lowest BCUT2D eigenvalue weighted by molar-refractivity contribution is -0.256. The second-order valence-corrected chi connectivity index (χ2v) is 13.7. The van der Waals surface area contributed by atoms with Gasteiger partial charge in [-0.1, -0.05) is 103 Å². The molecule has 55 heavy (non-hydrogen) atoms. The summed E-state index contributed by atoms with van der Waals surface area (Å²) in [6.45, 7) is 0.463. The monoisotopic (exact) mass is 762 g/mol. The average molecular weight is 763 g/mol. The fourth-order valence-electron chi connectivity index (χ4n) is 6.45. The van der Waals surface area contributed by atoms with Crippen molar-refractivity contribution in [2.45, 2.75) is 41.5 Å². The molecule has 1 unspecified atom stereocenters. The van der Waals surface area contributed by atoms with Crippen LogP contribution in [0.5, 0.6) is 5.75 Å². The Morgan fingerprint density at radius 2 is 1.60 bits per heavy atom. The van der Waals surface area contributed by atoms with Crippen LogP contribution in [0.1, 0.15) is 39.6 Å². The summed E-state index contributed by atoms with van der Waals surface area (Å²) in [5, 5.41) is 16.9. The first-order chi connectivity index (χ1) is 26.9. The molecule has 2 N–H and O–H groups in total. The minimum atomic E-state index is -1.92. The van der Waals surface area contributed by atoms with Gasteiger partial charge in [-0.15, -0.1) is 10.2 Å². The van der Waals surface area contributed by atoms with Crippen molar-refractivity contribution in [3.8, 4) is 5.75 Å². The van der Waals surface area contributed by atoms with Crippen molar-refractivity contribution in [3.63, 3.8) is 0 Å². The number of carbonyl (C=O) groups is 3. The number of aromatic nitrogens is 4. The van der Waals surface area contributed by atoms with Crippen LogP contribution in [0.4, 0.5) is 0 Å². The molecule has 1 saturated heterocycles. The summed E-state index contributed by atoms with van der Waals surface area (Å²) in [4.78, 5) is 43.7. The highest BCUT2D eigenvalue weighted by atomic mass is 32.2. The maximum atomic E-state index is 14.8. The van der Waals surface area contributed by atoms with Crippen LogP contribution in [0.2, 0.25) is 0 Å². The third-order valence-electron chi connectivity index (χ3n) is 9.26. The van der Waals surface area contributed by atoms with E-state index in [2.05, 4.69) is 25.9 Å². The second-order valence-electron chi connectivity index (χ2n) is 12.6. The molecule has 4 aromatic carbocycles. The van der Waals surface area contributed by atoms with Gasteiger partial charge < -0.3 is 29.0 Å². The van der Waals surface area contributed by atoms with Crippen molar-refractivity contribution in [1.82, 2.24) is 30.8 Å². The van der Waals surface area contributed by atoms with Gasteiger partial charge in [0.25, 0.3) is 17.5 Å². The summed E-state index contributed by atoms with van der Waals surface area (Å²) >= 11 is 1.23. The Kier molecular flexibility index (Phi) is 11.6. The molecule has 0 saturated carbocycles. The summed E-state index contributed by atoms with van der Waals surface area (Å²) in [5.41, 5.74) is 1.22. The van der Waals surface area contributed by atoms with E-state index in [-0.39, 0.29) is 18.9 Å². The van der Waals surface area contributed by atoms with Crippen LogP contribution >= 0.6 is 11.8 Å². The molecule has 15 heteroatoms. The molecule has 0 bridgehead atoms. The molecule has 2 amide bonds. The highest BCUT2D eigenvalue weighted by Gasteiger charge is 2.68. The molecule has 0 radical (unpaired) electrons. The van der Waals surface area contributed by atoms with Crippen LogP contribution in [0.3, 0.4) is 0 Å². The molecule has 0 spiro atoms. The quantitative estimate of drug-likeness (QED) is 0.0463. The van der Waals surface area contributed by atoms with Gasteiger partial charge in [0.2, 0.25) is 5.16 Å². The number of β-lactam (4-membered cyclic amide) rings is 1. The van der Waals surface area contributed by atoms with Crippen LogP contribution in [-0.4, -0.2) is 87.9 Å². The Labute approximate surface area is 321 Å². The lowest BCUT2D eigenvalue weighted by Gasteiger charge is -2.56. The van der Waals surface area contributed by atoms with E-state index in [4.69, 9.17) is 23.7 Å². The van der Waals surface area contributed by atoms with Gasteiger partial charge in [-0.05, 0) is 52.6 Å². The van der Waals surface area contributed by atoms with Gasteiger partial charge in [0.15, 0.2) is 12.3 Å². The number of esters is 1. The first-order valence-corrected chi connectivity index (χ1v) is 18.3. The van der Waals surface area contributed by atoms with Crippen molar-refractivity contribution < 1.29 is 38.1 Å². The number of hydrogen-bond acceptors (Lipinski definition) is 12. The number of methoxy groups -OCH3 is 2. The Balaban J connectivity index is 1.23. The van der Waals surface area contributed by atoms with Gasteiger partial charge in [-0.3, -0.25) is 14.5 Å². The molecule has 282 valence electrons. The number of rotatable bonds is 16. The zero-order chi connectivity index (χ0) is 38.2. The van der Waals surface area contributed by atoms with Crippen LogP contribution in [0.25, 0.3) is 0 Å². The highest BCUT2D eigenvalue weighted by Crippen LogP contribution is 2.44. The van der Waals surface area contributed by atoms with Gasteiger partial charge in [0, 0.05) is 30.1 Å². The lowest BCUT2D eigenvalue weighted by Crippen LogP contribution is -2.82. The minimum Gasteiger partial charge on any atom is -0.497 e. The van der Waals surface area contributed by atoms with E-state index in [1.54, 1.807) is 37.4 Å². The van der Waals surface area contributed by atoms with Gasteiger partial charge in [-0.2, -0.15) is 5.21 Å². The third kappa shape index (κ3) is 8.00. The molecule has 1 fully saturated rings. The number of benzene rings is 4. The van der Waals surface area contributed by atoms with Crippen LogP contribution in [0.15, 0.2) is 132 Å². The summed E-state index contributed by atoms with van der Waals surface area (Å²) < 4.78 is 29.8. The number of fused-ring (bicyclic) bond motifs is 1. The van der Waals surface area contributed by atoms with Crippen molar-refractivity contribution >= 4 is 29.5 Å². The number of H-pyrrole nitrogens is 1. The Morgan fingerprint density at radius 1 is 0.945 bits per heavy atom. The number of aromatic amines is 1. The molecule has 7 rings (SSSR count). The molecular weight excluding hydrogens is 725 g/mol. The summed E-state index contributed by atoms with van der Waals surface area (Å²) in [6, 6.07) is 34.6. The van der Waals surface area contributed by atoms with E-state index < -0.39 is 41.1 Å². The SMILES string of the molecule is COc1ccc(COCCC(Sc2nn[nH]n2)C2=C(C(=O)OC(c3ccccc3)c3ccccc3)N3C(=O)[C@](NC(=O)c4ccccc4)(OC)[C@H]3OC2)cc1. The molecule has 0 aliphatic carbocycles. The maximum absolute atomic E-state index is 14.8. The molecular formula is C40H38N6O8S. The number of ether oxygens (including phenoxy) is 5. The van der Waals surface area contributed by atoms with E-state index in [0.29, 0.717) is 29.3 Å².